The molecule has 0 aliphatic rings. The van der Waals surface area contributed by atoms with Crippen LogP contribution in [0.15, 0.2) is 18.3 Å². The molecule has 0 aliphatic heterocycles. The average molecular weight is 196 g/mol. The van der Waals surface area contributed by atoms with Crippen LogP contribution in [-0.4, -0.2) is 12.1 Å². The van der Waals surface area contributed by atoms with E-state index in [4.69, 9.17) is 16.3 Å². The van der Waals surface area contributed by atoms with Crippen molar-refractivity contribution in [2.75, 3.05) is 7.11 Å². The van der Waals surface area contributed by atoms with Gasteiger partial charge >= 0.3 is 0 Å². The number of aryl methyl sites for hydroxylation is 1. The predicted octanol–water partition coefficient (Wildman–Crippen LogP) is 3.14. The Labute approximate surface area is 81.5 Å². The van der Waals surface area contributed by atoms with Crippen molar-refractivity contribution in [2.24, 2.45) is 0 Å². The van der Waals surface area contributed by atoms with Crippen LogP contribution in [0.2, 0.25) is 5.02 Å². The van der Waals surface area contributed by atoms with Crippen LogP contribution in [0, 0.1) is 6.92 Å². The van der Waals surface area contributed by atoms with Crippen molar-refractivity contribution in [3.63, 3.8) is 0 Å². The van der Waals surface area contributed by atoms with Crippen LogP contribution < -0.4 is 4.74 Å². The van der Waals surface area contributed by atoms with Gasteiger partial charge in [0.1, 0.15) is 5.75 Å². The fourth-order valence-corrected chi connectivity index (χ4v) is 1.66. The molecule has 2 rings (SSSR count). The summed E-state index contributed by atoms with van der Waals surface area (Å²) in [7, 11) is 1.61. The molecule has 0 fully saturated rings. The molecule has 2 nitrogen and oxygen atoms in total. The third kappa shape index (κ3) is 1.27. The number of hydrogen-bond acceptors (Lipinski definition) is 1. The van der Waals surface area contributed by atoms with Crippen LogP contribution >= 0.6 is 11.6 Å². The van der Waals surface area contributed by atoms with Gasteiger partial charge in [-0.25, -0.2) is 0 Å². The Balaban J connectivity index is 2.76. The first-order valence-electron chi connectivity index (χ1n) is 4.03. The fraction of sp³-hybridized carbons (Fsp3) is 0.200. The Bertz CT molecular complexity index is 447. The lowest BCUT2D eigenvalue weighted by atomic mass is 10.2. The van der Waals surface area contributed by atoms with Crippen LogP contribution in [0.4, 0.5) is 0 Å². The maximum atomic E-state index is 5.99. The summed E-state index contributed by atoms with van der Waals surface area (Å²) >= 11 is 5.99. The van der Waals surface area contributed by atoms with Gasteiger partial charge in [0.15, 0.2) is 0 Å². The van der Waals surface area contributed by atoms with E-state index in [1.165, 1.54) is 5.56 Å². The molecule has 1 aromatic carbocycles. The molecule has 68 valence electrons. The molecule has 0 aliphatic carbocycles. The van der Waals surface area contributed by atoms with Gasteiger partial charge in [0, 0.05) is 23.2 Å². The van der Waals surface area contributed by atoms with Crippen LogP contribution in [0.25, 0.3) is 10.9 Å². The number of H-pyrrole nitrogens is 1. The zero-order chi connectivity index (χ0) is 9.42. The largest absolute Gasteiger partial charge is 0.495 e. The van der Waals surface area contributed by atoms with E-state index in [2.05, 4.69) is 4.98 Å². The molecule has 3 heteroatoms. The number of aromatic amines is 1. The van der Waals surface area contributed by atoms with Gasteiger partial charge in [-0.2, -0.15) is 0 Å². The summed E-state index contributed by atoms with van der Waals surface area (Å²) in [5, 5.41) is 1.79. The smallest absolute Gasteiger partial charge is 0.139 e. The third-order valence-corrected chi connectivity index (χ3v) is 2.46. The molecule has 0 radical (unpaired) electrons. The minimum atomic E-state index is 0.651. The van der Waals surface area contributed by atoms with Gasteiger partial charge in [-0.3, -0.25) is 0 Å². The number of benzene rings is 1. The molecular formula is C10H10ClNO. The molecule has 0 amide bonds. The van der Waals surface area contributed by atoms with Gasteiger partial charge in [-0.1, -0.05) is 11.6 Å². The lowest BCUT2D eigenvalue weighted by Crippen LogP contribution is -1.83. The number of nitrogens with one attached hydrogen (secondary N) is 1. The molecule has 0 atom stereocenters. The summed E-state index contributed by atoms with van der Waals surface area (Å²) in [6.07, 6.45) is 1.96. The quantitative estimate of drug-likeness (QED) is 0.743. The second-order valence-corrected chi connectivity index (χ2v) is 3.41. The second-order valence-electron chi connectivity index (χ2n) is 3.00. The predicted molar refractivity (Wildman–Crippen MR) is 54.6 cm³/mol. The van der Waals surface area contributed by atoms with Gasteiger partial charge in [0.2, 0.25) is 0 Å². The average Bonchev–Trinajstić information content (AvgIpc) is 2.47. The Kier molecular flexibility index (Phi) is 1.93. The molecule has 0 saturated heterocycles. The zero-order valence-electron chi connectivity index (χ0n) is 7.52. The van der Waals surface area contributed by atoms with E-state index in [1.54, 1.807) is 7.11 Å². The number of fused-ring (bicyclic) bond motifs is 1. The van der Waals surface area contributed by atoms with E-state index in [0.29, 0.717) is 10.8 Å². The lowest BCUT2D eigenvalue weighted by molar-refractivity contribution is 0.415. The lowest BCUT2D eigenvalue weighted by Gasteiger charge is -2.02. The van der Waals surface area contributed by atoms with Crippen LogP contribution in [0.1, 0.15) is 5.56 Å². The molecule has 1 heterocycles. The summed E-state index contributed by atoms with van der Waals surface area (Å²) in [6.45, 7) is 2.04. The summed E-state index contributed by atoms with van der Waals surface area (Å²) in [4.78, 5) is 3.15. The SMILES string of the molecule is COc1cc2[nH]cc(C)c2cc1Cl. The summed E-state index contributed by atoms with van der Waals surface area (Å²) in [6, 6.07) is 3.83. The van der Waals surface area contributed by atoms with Gasteiger partial charge < -0.3 is 9.72 Å². The standard InChI is InChI=1S/C10H10ClNO/c1-6-5-12-9-4-10(13-2)8(11)3-7(6)9/h3-5,12H,1-2H3. The monoisotopic (exact) mass is 195 g/mol. The Morgan fingerprint density at radius 2 is 2.15 bits per heavy atom. The Hall–Kier alpha value is -1.15. The van der Waals surface area contributed by atoms with Crippen LogP contribution in [0.5, 0.6) is 5.75 Å². The van der Waals surface area contributed by atoms with Crippen LogP contribution in [-0.2, 0) is 0 Å². The molecular weight excluding hydrogens is 186 g/mol. The number of ether oxygens (including phenoxy) is 1. The molecule has 0 saturated carbocycles. The zero-order valence-corrected chi connectivity index (χ0v) is 8.27. The Morgan fingerprint density at radius 1 is 1.38 bits per heavy atom. The number of aromatic nitrogens is 1. The maximum Gasteiger partial charge on any atom is 0.139 e. The van der Waals surface area contributed by atoms with E-state index in [0.717, 1.165) is 10.9 Å². The second kappa shape index (κ2) is 2.96. The minimum Gasteiger partial charge on any atom is -0.495 e. The molecule has 0 unspecified atom stereocenters. The van der Waals surface area contributed by atoms with Crippen molar-refractivity contribution in [2.45, 2.75) is 6.92 Å². The highest BCUT2D eigenvalue weighted by Crippen LogP contribution is 2.30. The fourth-order valence-electron chi connectivity index (χ4n) is 1.42. The number of halogens is 1. The van der Waals surface area contributed by atoms with E-state index >= 15 is 0 Å². The molecule has 2 aromatic rings. The first-order valence-corrected chi connectivity index (χ1v) is 4.41. The highest BCUT2D eigenvalue weighted by Gasteiger charge is 2.05. The van der Waals surface area contributed by atoms with Crippen molar-refractivity contribution in [3.05, 3.63) is 28.9 Å². The number of rotatable bonds is 1. The molecule has 13 heavy (non-hydrogen) atoms. The Morgan fingerprint density at radius 3 is 2.85 bits per heavy atom. The van der Waals surface area contributed by atoms with Gasteiger partial charge in [-0.15, -0.1) is 0 Å². The minimum absolute atomic E-state index is 0.651. The first-order chi connectivity index (χ1) is 6.22. The highest BCUT2D eigenvalue weighted by molar-refractivity contribution is 6.32. The third-order valence-electron chi connectivity index (χ3n) is 2.16. The van der Waals surface area contributed by atoms with Gasteiger partial charge in [0.25, 0.3) is 0 Å². The normalized spacial score (nSPS) is 10.7. The topological polar surface area (TPSA) is 25.0 Å². The summed E-state index contributed by atoms with van der Waals surface area (Å²) < 4.78 is 5.11. The summed E-state index contributed by atoms with van der Waals surface area (Å²) in [5.41, 5.74) is 2.25. The van der Waals surface area contributed by atoms with E-state index in [9.17, 15) is 0 Å². The van der Waals surface area contributed by atoms with Crippen LogP contribution in [0.3, 0.4) is 0 Å². The van der Waals surface area contributed by atoms with Gasteiger partial charge in [0.05, 0.1) is 12.1 Å². The number of methoxy groups -OCH3 is 1. The van der Waals surface area contributed by atoms with Crippen molar-refractivity contribution in [3.8, 4) is 5.75 Å². The van der Waals surface area contributed by atoms with E-state index < -0.39 is 0 Å². The van der Waals surface area contributed by atoms with Crippen molar-refractivity contribution in [1.82, 2.24) is 4.98 Å². The highest BCUT2D eigenvalue weighted by atomic mass is 35.5. The first kappa shape index (κ1) is 8.45. The molecule has 0 bridgehead atoms. The summed E-state index contributed by atoms with van der Waals surface area (Å²) in [5.74, 6) is 0.705. The van der Waals surface area contributed by atoms with Crippen molar-refractivity contribution < 1.29 is 4.74 Å². The molecule has 1 N–H and O–H groups in total. The van der Waals surface area contributed by atoms with Gasteiger partial charge in [-0.05, 0) is 18.6 Å². The molecule has 1 aromatic heterocycles. The number of hydrogen-bond donors (Lipinski definition) is 1. The van der Waals surface area contributed by atoms with Crippen molar-refractivity contribution in [1.29, 1.82) is 0 Å². The maximum absolute atomic E-state index is 5.99. The molecule has 0 spiro atoms. The van der Waals surface area contributed by atoms with Crippen molar-refractivity contribution >= 4 is 22.5 Å². The van der Waals surface area contributed by atoms with E-state index in [-0.39, 0.29) is 0 Å². The van der Waals surface area contributed by atoms with E-state index in [1.807, 2.05) is 25.3 Å².